The van der Waals surface area contributed by atoms with E-state index < -0.39 is 82.1 Å². The molecular formula is C24H24F6N4O5S. The largest absolute Gasteiger partial charge is 0.433 e. The standard InChI is InChI=1S/C24H24F6N4O5S/c1-23(2,38)21(11-4-3-5-31-20(11)24(28,29)30)40-22-19(37)17(18(36)15(9-35)39-22)34-8-14(32-33-34)10-6-12(25)16(27)13(26)7-10/h3-8,15,17-19,21-22,35-38H,9H2,1-2H3/t15-,17+,18+,19-,21-,22+/m1/s1. The number of aliphatic hydroxyl groups excluding tert-OH is 3. The van der Waals surface area contributed by atoms with Gasteiger partial charge in [-0.2, -0.15) is 13.2 Å². The highest BCUT2D eigenvalue weighted by molar-refractivity contribution is 8.00. The number of halogens is 6. The third-order valence-corrected chi connectivity index (χ3v) is 8.01. The molecule has 0 bridgehead atoms. The van der Waals surface area contributed by atoms with Crippen LogP contribution in [0, 0.1) is 17.5 Å². The van der Waals surface area contributed by atoms with Crippen LogP contribution in [0.4, 0.5) is 26.3 Å². The highest BCUT2D eigenvalue weighted by Crippen LogP contribution is 2.48. The second-order valence-corrected chi connectivity index (χ2v) is 10.9. The van der Waals surface area contributed by atoms with E-state index in [2.05, 4.69) is 15.3 Å². The molecule has 0 amide bonds. The third-order valence-electron chi connectivity index (χ3n) is 6.25. The molecule has 16 heteroatoms. The van der Waals surface area contributed by atoms with Crippen molar-refractivity contribution >= 4 is 11.8 Å². The predicted molar refractivity (Wildman–Crippen MR) is 128 cm³/mol. The van der Waals surface area contributed by atoms with E-state index in [0.29, 0.717) is 23.9 Å². The Balaban J connectivity index is 1.70. The third kappa shape index (κ3) is 5.96. The Bertz CT molecular complexity index is 1330. The van der Waals surface area contributed by atoms with Gasteiger partial charge in [0.1, 0.15) is 41.2 Å². The lowest BCUT2D eigenvalue weighted by Gasteiger charge is -2.44. The van der Waals surface area contributed by atoms with Crippen LogP contribution in [0.3, 0.4) is 0 Å². The molecule has 0 aliphatic carbocycles. The van der Waals surface area contributed by atoms with Crippen molar-refractivity contribution in [1.29, 1.82) is 0 Å². The van der Waals surface area contributed by atoms with Crippen molar-refractivity contribution in [3.8, 4) is 11.3 Å². The first-order valence-corrected chi connectivity index (χ1v) is 12.7. The van der Waals surface area contributed by atoms with Gasteiger partial charge in [-0.05, 0) is 37.6 Å². The molecule has 2 aromatic heterocycles. The summed E-state index contributed by atoms with van der Waals surface area (Å²) in [4.78, 5) is 3.42. The Morgan fingerprint density at radius 1 is 1.10 bits per heavy atom. The fourth-order valence-electron chi connectivity index (χ4n) is 4.37. The normalized spacial score (nSPS) is 24.8. The van der Waals surface area contributed by atoms with Crippen LogP contribution < -0.4 is 0 Å². The molecule has 9 nitrogen and oxygen atoms in total. The molecule has 0 unspecified atom stereocenters. The summed E-state index contributed by atoms with van der Waals surface area (Å²) >= 11 is 0.606. The second kappa shape index (κ2) is 11.3. The number of rotatable bonds is 7. The van der Waals surface area contributed by atoms with E-state index in [4.69, 9.17) is 4.74 Å². The zero-order chi connectivity index (χ0) is 29.6. The Morgan fingerprint density at radius 2 is 1.75 bits per heavy atom. The molecule has 1 aliphatic rings. The molecule has 40 heavy (non-hydrogen) atoms. The summed E-state index contributed by atoms with van der Waals surface area (Å²) in [6.45, 7) is 1.74. The maximum atomic E-state index is 13.7. The van der Waals surface area contributed by atoms with Gasteiger partial charge in [-0.3, -0.25) is 4.98 Å². The summed E-state index contributed by atoms with van der Waals surface area (Å²) in [7, 11) is 0. The number of benzene rings is 1. The number of hydrogen-bond donors (Lipinski definition) is 4. The monoisotopic (exact) mass is 594 g/mol. The number of hydrogen-bond acceptors (Lipinski definition) is 9. The maximum absolute atomic E-state index is 13.7. The summed E-state index contributed by atoms with van der Waals surface area (Å²) in [6.07, 6.45) is -7.53. The van der Waals surface area contributed by atoms with E-state index in [1.807, 2.05) is 0 Å². The molecule has 3 aromatic rings. The molecular weight excluding hydrogens is 570 g/mol. The fourth-order valence-corrected chi connectivity index (χ4v) is 5.84. The van der Waals surface area contributed by atoms with Crippen molar-refractivity contribution in [2.45, 2.75) is 60.7 Å². The van der Waals surface area contributed by atoms with Crippen LogP contribution in [-0.4, -0.2) is 76.4 Å². The second-order valence-electron chi connectivity index (χ2n) is 9.64. The van der Waals surface area contributed by atoms with E-state index in [9.17, 15) is 46.8 Å². The average molecular weight is 595 g/mol. The molecule has 3 heterocycles. The quantitative estimate of drug-likeness (QED) is 0.241. The first-order valence-electron chi connectivity index (χ1n) is 11.7. The molecule has 1 saturated heterocycles. The summed E-state index contributed by atoms with van der Waals surface area (Å²) < 4.78 is 88.6. The number of alkyl halides is 3. The Labute approximate surface area is 227 Å². The molecule has 1 aromatic carbocycles. The first kappa shape index (κ1) is 30.2. The smallest absolute Gasteiger partial charge is 0.394 e. The van der Waals surface area contributed by atoms with Crippen LogP contribution in [0.2, 0.25) is 0 Å². The lowest BCUT2D eigenvalue weighted by Crippen LogP contribution is -2.55. The van der Waals surface area contributed by atoms with Gasteiger partial charge in [-0.25, -0.2) is 17.9 Å². The molecule has 0 spiro atoms. The molecule has 4 N–H and O–H groups in total. The van der Waals surface area contributed by atoms with Gasteiger partial charge < -0.3 is 25.2 Å². The van der Waals surface area contributed by atoms with Crippen LogP contribution in [0.15, 0.2) is 36.7 Å². The van der Waals surface area contributed by atoms with Gasteiger partial charge in [0.05, 0.1) is 23.7 Å². The summed E-state index contributed by atoms with van der Waals surface area (Å²) in [6, 6.07) is 2.29. The molecule has 0 radical (unpaired) electrons. The number of nitrogens with zero attached hydrogens (tertiary/aromatic N) is 4. The van der Waals surface area contributed by atoms with Crippen molar-refractivity contribution in [3.63, 3.8) is 0 Å². The Kier molecular flexibility index (Phi) is 8.50. The van der Waals surface area contributed by atoms with E-state index in [1.54, 1.807) is 0 Å². The van der Waals surface area contributed by atoms with Gasteiger partial charge in [-0.1, -0.05) is 11.3 Å². The van der Waals surface area contributed by atoms with E-state index in [-0.39, 0.29) is 11.3 Å². The number of pyridine rings is 1. The fraction of sp³-hybridized carbons (Fsp3) is 0.458. The Morgan fingerprint density at radius 3 is 2.33 bits per heavy atom. The zero-order valence-electron chi connectivity index (χ0n) is 20.8. The topological polar surface area (TPSA) is 134 Å². The van der Waals surface area contributed by atoms with Crippen LogP contribution in [0.1, 0.15) is 36.4 Å². The summed E-state index contributed by atoms with van der Waals surface area (Å²) in [5.41, 5.74) is -5.26. The molecule has 1 fully saturated rings. The number of ether oxygens (including phenoxy) is 1. The van der Waals surface area contributed by atoms with Gasteiger partial charge in [0.25, 0.3) is 0 Å². The number of thioether (sulfide) groups is 1. The number of aliphatic hydroxyl groups is 4. The van der Waals surface area contributed by atoms with Crippen LogP contribution in [-0.2, 0) is 10.9 Å². The van der Waals surface area contributed by atoms with Crippen molar-refractivity contribution in [2.75, 3.05) is 6.61 Å². The Hall–Kier alpha value is -2.76. The van der Waals surface area contributed by atoms with E-state index >= 15 is 0 Å². The lowest BCUT2D eigenvalue weighted by atomic mass is 9.96. The molecule has 4 rings (SSSR count). The SMILES string of the molecule is CC(C)(O)[C@H](S[C@@H]1O[C@H](CO)[C@H](O)[C@H](n2cc(-c3cc(F)c(F)c(F)c3)nn2)[C@H]1O)c1cccnc1C(F)(F)F. The van der Waals surface area contributed by atoms with Crippen molar-refractivity contribution < 1.29 is 51.5 Å². The molecule has 218 valence electrons. The van der Waals surface area contributed by atoms with Gasteiger partial charge in [0.2, 0.25) is 0 Å². The summed E-state index contributed by atoms with van der Waals surface area (Å²) in [5, 5.41) is 48.8. The minimum absolute atomic E-state index is 0.159. The minimum Gasteiger partial charge on any atom is -0.394 e. The van der Waals surface area contributed by atoms with E-state index in [1.165, 1.54) is 19.9 Å². The van der Waals surface area contributed by atoms with Gasteiger partial charge in [0.15, 0.2) is 17.5 Å². The highest BCUT2D eigenvalue weighted by atomic mass is 32.2. The highest BCUT2D eigenvalue weighted by Gasteiger charge is 2.49. The van der Waals surface area contributed by atoms with E-state index in [0.717, 1.165) is 23.1 Å². The zero-order valence-corrected chi connectivity index (χ0v) is 21.6. The van der Waals surface area contributed by atoms with Crippen LogP contribution >= 0.6 is 11.8 Å². The van der Waals surface area contributed by atoms with Gasteiger partial charge >= 0.3 is 6.18 Å². The minimum atomic E-state index is -4.87. The molecule has 1 aliphatic heterocycles. The van der Waals surface area contributed by atoms with Gasteiger partial charge in [-0.15, -0.1) is 16.9 Å². The van der Waals surface area contributed by atoms with Crippen molar-refractivity contribution in [3.05, 3.63) is 65.4 Å². The lowest BCUT2D eigenvalue weighted by molar-refractivity contribution is -0.179. The average Bonchev–Trinajstić information content (AvgIpc) is 3.35. The first-order chi connectivity index (χ1) is 18.6. The van der Waals surface area contributed by atoms with Gasteiger partial charge in [0, 0.05) is 11.8 Å². The predicted octanol–water partition coefficient (Wildman–Crippen LogP) is 3.00. The summed E-state index contributed by atoms with van der Waals surface area (Å²) in [5.74, 6) is -4.67. The molecule has 0 saturated carbocycles. The maximum Gasteiger partial charge on any atom is 0.433 e. The number of aromatic nitrogens is 4. The molecule has 6 atom stereocenters. The van der Waals surface area contributed by atoms with Crippen molar-refractivity contribution in [1.82, 2.24) is 20.0 Å². The van der Waals surface area contributed by atoms with Crippen LogP contribution in [0.5, 0.6) is 0 Å². The van der Waals surface area contributed by atoms with Crippen molar-refractivity contribution in [2.24, 2.45) is 0 Å². The van der Waals surface area contributed by atoms with Crippen LogP contribution in [0.25, 0.3) is 11.3 Å².